The lowest BCUT2D eigenvalue weighted by Crippen LogP contribution is -1.89. The van der Waals surface area contributed by atoms with E-state index in [9.17, 15) is 10.1 Å². The molecule has 20 heavy (non-hydrogen) atoms. The smallest absolute Gasteiger partial charge is 0.270 e. The average Bonchev–Trinajstić information content (AvgIpc) is 2.81. The Morgan fingerprint density at radius 1 is 1.25 bits per heavy atom. The molecule has 0 saturated heterocycles. The van der Waals surface area contributed by atoms with Crippen LogP contribution in [0.2, 0.25) is 5.02 Å². The summed E-state index contributed by atoms with van der Waals surface area (Å²) in [5.74, 6) is 0. The molecular weight excluding hydrogens is 280 g/mol. The summed E-state index contributed by atoms with van der Waals surface area (Å²) in [5, 5.41) is 18.9. The number of anilines is 1. The quantitative estimate of drug-likeness (QED) is 0.429. The Labute approximate surface area is 118 Å². The number of aromatic amines is 1. The standard InChI is InChI=1S/C13H9ClN4O2/c14-11-6-8(18(19)20)2-4-9(11)13-10-3-1-7(15)5-12(10)16-17-13/h1-6H,15H2,(H,16,17). The molecule has 0 atom stereocenters. The highest BCUT2D eigenvalue weighted by Gasteiger charge is 2.15. The van der Waals surface area contributed by atoms with Crippen LogP contribution in [0.1, 0.15) is 0 Å². The Morgan fingerprint density at radius 3 is 2.75 bits per heavy atom. The van der Waals surface area contributed by atoms with Crippen LogP contribution in [0, 0.1) is 10.1 Å². The second-order valence-electron chi connectivity index (χ2n) is 4.30. The summed E-state index contributed by atoms with van der Waals surface area (Å²) >= 11 is 6.11. The fourth-order valence-electron chi connectivity index (χ4n) is 2.05. The minimum absolute atomic E-state index is 0.0529. The molecule has 0 unspecified atom stereocenters. The third-order valence-electron chi connectivity index (χ3n) is 3.01. The predicted octanol–water partition coefficient (Wildman–Crippen LogP) is 3.37. The molecule has 0 aliphatic rings. The lowest BCUT2D eigenvalue weighted by Gasteiger charge is -2.01. The Balaban J connectivity index is 2.18. The SMILES string of the molecule is Nc1ccc2c(-c3ccc([N+](=O)[O-])cc3Cl)n[nH]c2c1. The lowest BCUT2D eigenvalue weighted by atomic mass is 10.1. The van der Waals surface area contributed by atoms with E-state index in [1.807, 2.05) is 6.07 Å². The number of halogens is 1. The fraction of sp³-hybridized carbons (Fsp3) is 0. The van der Waals surface area contributed by atoms with Crippen molar-refractivity contribution in [2.75, 3.05) is 5.73 Å². The van der Waals surface area contributed by atoms with Gasteiger partial charge in [-0.25, -0.2) is 0 Å². The largest absolute Gasteiger partial charge is 0.399 e. The third kappa shape index (κ3) is 1.96. The molecule has 1 aromatic heterocycles. The first kappa shape index (κ1) is 12.4. The van der Waals surface area contributed by atoms with E-state index in [0.29, 0.717) is 16.9 Å². The van der Waals surface area contributed by atoms with Crippen molar-refractivity contribution in [2.45, 2.75) is 0 Å². The first-order valence-electron chi connectivity index (χ1n) is 5.74. The molecule has 7 heteroatoms. The molecular formula is C13H9ClN4O2. The minimum atomic E-state index is -0.487. The maximum Gasteiger partial charge on any atom is 0.270 e. The van der Waals surface area contributed by atoms with E-state index in [1.54, 1.807) is 18.2 Å². The van der Waals surface area contributed by atoms with Crippen molar-refractivity contribution in [3.8, 4) is 11.3 Å². The highest BCUT2D eigenvalue weighted by atomic mass is 35.5. The van der Waals surface area contributed by atoms with Crippen LogP contribution in [-0.2, 0) is 0 Å². The molecule has 0 radical (unpaired) electrons. The molecule has 3 N–H and O–H groups in total. The van der Waals surface area contributed by atoms with Crippen LogP contribution >= 0.6 is 11.6 Å². The highest BCUT2D eigenvalue weighted by Crippen LogP contribution is 2.34. The van der Waals surface area contributed by atoms with Crippen molar-refractivity contribution >= 4 is 33.9 Å². The summed E-state index contributed by atoms with van der Waals surface area (Å²) in [6, 6.07) is 9.67. The van der Waals surface area contributed by atoms with E-state index < -0.39 is 4.92 Å². The summed E-state index contributed by atoms with van der Waals surface area (Å²) in [5.41, 5.74) is 8.34. The average molecular weight is 289 g/mol. The zero-order chi connectivity index (χ0) is 14.3. The molecule has 0 bridgehead atoms. The van der Waals surface area contributed by atoms with Gasteiger partial charge < -0.3 is 5.73 Å². The van der Waals surface area contributed by atoms with Gasteiger partial charge in [-0.15, -0.1) is 0 Å². The molecule has 6 nitrogen and oxygen atoms in total. The van der Waals surface area contributed by atoms with Crippen molar-refractivity contribution < 1.29 is 4.92 Å². The zero-order valence-corrected chi connectivity index (χ0v) is 10.9. The molecule has 3 rings (SSSR count). The second-order valence-corrected chi connectivity index (χ2v) is 4.71. The molecule has 100 valence electrons. The molecule has 0 saturated carbocycles. The second kappa shape index (κ2) is 4.50. The number of nitro groups is 1. The molecule has 0 spiro atoms. The van der Waals surface area contributed by atoms with E-state index in [1.165, 1.54) is 12.1 Å². The summed E-state index contributed by atoms with van der Waals surface area (Å²) in [6.45, 7) is 0. The van der Waals surface area contributed by atoms with Crippen LogP contribution in [-0.4, -0.2) is 15.1 Å². The Kier molecular flexibility index (Phi) is 2.80. The van der Waals surface area contributed by atoms with Gasteiger partial charge in [-0.3, -0.25) is 15.2 Å². The van der Waals surface area contributed by atoms with Crippen molar-refractivity contribution in [3.63, 3.8) is 0 Å². The minimum Gasteiger partial charge on any atom is -0.399 e. The summed E-state index contributed by atoms with van der Waals surface area (Å²) < 4.78 is 0. The van der Waals surface area contributed by atoms with E-state index in [0.717, 1.165) is 10.9 Å². The summed E-state index contributed by atoms with van der Waals surface area (Å²) in [7, 11) is 0. The van der Waals surface area contributed by atoms with E-state index in [-0.39, 0.29) is 10.7 Å². The molecule has 0 fully saturated rings. The first-order chi connectivity index (χ1) is 9.56. The number of H-pyrrole nitrogens is 1. The zero-order valence-electron chi connectivity index (χ0n) is 10.1. The number of nitrogens with zero attached hydrogens (tertiary/aromatic N) is 2. The van der Waals surface area contributed by atoms with Crippen LogP contribution in [0.15, 0.2) is 36.4 Å². The van der Waals surface area contributed by atoms with Crippen LogP contribution in [0.5, 0.6) is 0 Å². The topological polar surface area (TPSA) is 97.8 Å². The monoisotopic (exact) mass is 288 g/mol. The van der Waals surface area contributed by atoms with Gasteiger partial charge in [0.05, 0.1) is 15.5 Å². The molecule has 2 aromatic carbocycles. The number of non-ortho nitro benzene ring substituents is 1. The first-order valence-corrected chi connectivity index (χ1v) is 6.12. The molecule has 3 aromatic rings. The van der Waals surface area contributed by atoms with Crippen molar-refractivity contribution in [1.29, 1.82) is 0 Å². The number of nitro benzene ring substituents is 1. The molecule has 1 heterocycles. The number of nitrogens with one attached hydrogen (secondary N) is 1. The van der Waals surface area contributed by atoms with Crippen LogP contribution in [0.3, 0.4) is 0 Å². The number of nitrogens with two attached hydrogens (primary N) is 1. The van der Waals surface area contributed by atoms with Gasteiger partial charge in [0.1, 0.15) is 5.69 Å². The van der Waals surface area contributed by atoms with Gasteiger partial charge in [0, 0.05) is 28.8 Å². The van der Waals surface area contributed by atoms with Crippen molar-refractivity contribution in [2.24, 2.45) is 0 Å². The van der Waals surface area contributed by atoms with Crippen LogP contribution in [0.4, 0.5) is 11.4 Å². The maximum absolute atomic E-state index is 10.7. The summed E-state index contributed by atoms with van der Waals surface area (Å²) in [4.78, 5) is 10.2. The van der Waals surface area contributed by atoms with Gasteiger partial charge in [-0.05, 0) is 24.3 Å². The van der Waals surface area contributed by atoms with Crippen molar-refractivity contribution in [1.82, 2.24) is 10.2 Å². The Bertz CT molecular complexity index is 828. The van der Waals surface area contributed by atoms with Crippen molar-refractivity contribution in [3.05, 3.63) is 51.5 Å². The Morgan fingerprint density at radius 2 is 2.05 bits per heavy atom. The number of rotatable bonds is 2. The normalized spacial score (nSPS) is 10.8. The molecule has 0 amide bonds. The van der Waals surface area contributed by atoms with Gasteiger partial charge >= 0.3 is 0 Å². The molecule has 0 aliphatic carbocycles. The number of hydrogen-bond donors (Lipinski definition) is 2. The van der Waals surface area contributed by atoms with Gasteiger partial charge in [-0.2, -0.15) is 5.10 Å². The third-order valence-corrected chi connectivity index (χ3v) is 3.32. The highest BCUT2D eigenvalue weighted by molar-refractivity contribution is 6.33. The van der Waals surface area contributed by atoms with Gasteiger partial charge in [-0.1, -0.05) is 11.6 Å². The maximum atomic E-state index is 10.7. The van der Waals surface area contributed by atoms with E-state index in [4.69, 9.17) is 17.3 Å². The number of nitrogen functional groups attached to an aromatic ring is 1. The Hall–Kier alpha value is -2.60. The van der Waals surface area contributed by atoms with Gasteiger partial charge in [0.25, 0.3) is 5.69 Å². The van der Waals surface area contributed by atoms with Crippen LogP contribution < -0.4 is 5.73 Å². The van der Waals surface area contributed by atoms with Crippen LogP contribution in [0.25, 0.3) is 22.2 Å². The molecule has 0 aliphatic heterocycles. The fourth-order valence-corrected chi connectivity index (χ4v) is 2.32. The van der Waals surface area contributed by atoms with Gasteiger partial charge in [0.15, 0.2) is 0 Å². The lowest BCUT2D eigenvalue weighted by molar-refractivity contribution is -0.384. The van der Waals surface area contributed by atoms with Gasteiger partial charge in [0.2, 0.25) is 0 Å². The number of aromatic nitrogens is 2. The number of fused-ring (bicyclic) bond motifs is 1. The van der Waals surface area contributed by atoms with E-state index in [2.05, 4.69) is 10.2 Å². The predicted molar refractivity (Wildman–Crippen MR) is 77.6 cm³/mol. The number of benzene rings is 2. The van der Waals surface area contributed by atoms with E-state index >= 15 is 0 Å². The summed E-state index contributed by atoms with van der Waals surface area (Å²) in [6.07, 6.45) is 0. The number of hydrogen-bond acceptors (Lipinski definition) is 4.